The number of fused-ring (bicyclic) bond motifs is 2. The molecular weight excluding hydrogens is 455 g/mol. The first kappa shape index (κ1) is 22.1. The van der Waals surface area contributed by atoms with Crippen LogP contribution in [-0.2, 0) is 22.8 Å². The summed E-state index contributed by atoms with van der Waals surface area (Å²) < 4.78 is 93.0. The van der Waals surface area contributed by atoms with Crippen molar-refractivity contribution in [2.75, 3.05) is 5.75 Å². The number of nitrogens with zero attached hydrogens (tertiary/aromatic N) is 4. The van der Waals surface area contributed by atoms with Crippen molar-refractivity contribution >= 4 is 31.8 Å². The molecule has 0 amide bonds. The van der Waals surface area contributed by atoms with Gasteiger partial charge in [0.1, 0.15) is 16.1 Å². The smallest absolute Gasteiger partial charge is 0.310 e. The monoisotopic (exact) mass is 470 g/mol. The standard InChI is InChI=1S/C20H15F5N4O2S/c1-3-32(30,31)16-13-7-5-4-6-11(13)9-26-15(16)18-28-14-8-12(10-27-17(14)29(18)2)19(21,22)20(23,24)25/h4-10H,3H2,1-2H3. The molecular formula is C20H15F5N4O2S. The largest absolute Gasteiger partial charge is 0.458 e. The molecule has 3 heterocycles. The van der Waals surface area contributed by atoms with Gasteiger partial charge in [0.15, 0.2) is 21.3 Å². The maximum atomic E-state index is 13.8. The van der Waals surface area contributed by atoms with Gasteiger partial charge in [-0.15, -0.1) is 0 Å². The lowest BCUT2D eigenvalue weighted by Gasteiger charge is -2.19. The molecule has 0 saturated carbocycles. The van der Waals surface area contributed by atoms with E-state index in [9.17, 15) is 30.4 Å². The Labute approximate surface area is 178 Å². The van der Waals surface area contributed by atoms with E-state index in [-0.39, 0.29) is 33.3 Å². The third kappa shape index (κ3) is 3.29. The molecule has 6 nitrogen and oxygen atoms in total. The van der Waals surface area contributed by atoms with Gasteiger partial charge in [0.05, 0.1) is 11.3 Å². The minimum atomic E-state index is -5.80. The lowest BCUT2D eigenvalue weighted by atomic mass is 10.1. The summed E-state index contributed by atoms with van der Waals surface area (Å²) in [5.41, 5.74) is -1.67. The molecule has 0 unspecified atom stereocenters. The second kappa shape index (κ2) is 7.19. The highest BCUT2D eigenvalue weighted by atomic mass is 32.2. The lowest BCUT2D eigenvalue weighted by molar-refractivity contribution is -0.289. The average Bonchev–Trinajstić information content (AvgIpc) is 3.07. The van der Waals surface area contributed by atoms with Crippen molar-refractivity contribution in [2.24, 2.45) is 7.05 Å². The van der Waals surface area contributed by atoms with Gasteiger partial charge in [-0.1, -0.05) is 31.2 Å². The number of hydrogen-bond acceptors (Lipinski definition) is 5. The predicted octanol–water partition coefficient (Wildman–Crippen LogP) is 4.63. The Morgan fingerprint density at radius 3 is 2.38 bits per heavy atom. The van der Waals surface area contributed by atoms with Crippen LogP contribution in [0.25, 0.3) is 33.5 Å². The number of hydrogen-bond donors (Lipinski definition) is 0. The number of benzene rings is 1. The molecule has 0 radical (unpaired) electrons. The number of rotatable bonds is 4. The Morgan fingerprint density at radius 1 is 1.03 bits per heavy atom. The Hall–Kier alpha value is -3.15. The van der Waals surface area contributed by atoms with E-state index < -0.39 is 27.5 Å². The second-order valence-electron chi connectivity index (χ2n) is 7.06. The van der Waals surface area contributed by atoms with E-state index in [2.05, 4.69) is 15.0 Å². The summed E-state index contributed by atoms with van der Waals surface area (Å²) >= 11 is 0. The van der Waals surface area contributed by atoms with Crippen LogP contribution in [0.2, 0.25) is 0 Å². The molecule has 168 valence electrons. The zero-order chi connectivity index (χ0) is 23.5. The van der Waals surface area contributed by atoms with Crippen molar-refractivity contribution < 1.29 is 30.4 Å². The van der Waals surface area contributed by atoms with Gasteiger partial charge < -0.3 is 4.57 Å². The molecule has 12 heteroatoms. The van der Waals surface area contributed by atoms with Crippen LogP contribution >= 0.6 is 0 Å². The van der Waals surface area contributed by atoms with Gasteiger partial charge in [0, 0.05) is 30.2 Å². The molecule has 3 aromatic heterocycles. The van der Waals surface area contributed by atoms with E-state index in [4.69, 9.17) is 0 Å². The zero-order valence-corrected chi connectivity index (χ0v) is 17.5. The van der Waals surface area contributed by atoms with Crippen LogP contribution in [-0.4, -0.2) is 39.9 Å². The minimum absolute atomic E-state index is 0.00321. The van der Waals surface area contributed by atoms with Gasteiger partial charge in [0.2, 0.25) is 0 Å². The highest BCUT2D eigenvalue weighted by Gasteiger charge is 2.59. The van der Waals surface area contributed by atoms with Gasteiger partial charge in [-0.2, -0.15) is 22.0 Å². The summed E-state index contributed by atoms with van der Waals surface area (Å²) in [5.74, 6) is -5.39. The zero-order valence-electron chi connectivity index (χ0n) is 16.7. The van der Waals surface area contributed by atoms with Crippen molar-refractivity contribution in [3.8, 4) is 11.5 Å². The highest BCUT2D eigenvalue weighted by molar-refractivity contribution is 7.91. The van der Waals surface area contributed by atoms with Crippen molar-refractivity contribution in [3.05, 3.63) is 48.3 Å². The maximum absolute atomic E-state index is 13.8. The van der Waals surface area contributed by atoms with Crippen molar-refractivity contribution in [2.45, 2.75) is 23.9 Å². The molecule has 32 heavy (non-hydrogen) atoms. The molecule has 0 bridgehead atoms. The first-order valence-electron chi connectivity index (χ1n) is 9.27. The molecule has 0 saturated heterocycles. The number of sulfone groups is 1. The van der Waals surface area contributed by atoms with Gasteiger partial charge in [-0.3, -0.25) is 4.98 Å². The van der Waals surface area contributed by atoms with Crippen molar-refractivity contribution in [1.82, 2.24) is 19.5 Å². The third-order valence-electron chi connectivity index (χ3n) is 5.08. The van der Waals surface area contributed by atoms with Crippen LogP contribution < -0.4 is 0 Å². The number of aryl methyl sites for hydroxylation is 1. The lowest BCUT2D eigenvalue weighted by Crippen LogP contribution is -2.33. The van der Waals surface area contributed by atoms with Crippen molar-refractivity contribution in [3.63, 3.8) is 0 Å². The summed E-state index contributed by atoms with van der Waals surface area (Å²) in [7, 11) is -2.37. The van der Waals surface area contributed by atoms with E-state index in [1.165, 1.54) is 24.7 Å². The Bertz CT molecular complexity index is 1460. The van der Waals surface area contributed by atoms with Crippen LogP contribution in [0.3, 0.4) is 0 Å². The molecule has 0 fully saturated rings. The summed E-state index contributed by atoms with van der Waals surface area (Å²) in [6.07, 6.45) is -3.93. The van der Waals surface area contributed by atoms with Crippen LogP contribution in [0, 0.1) is 0 Å². The summed E-state index contributed by atoms with van der Waals surface area (Å²) in [5, 5.41) is 0.955. The van der Waals surface area contributed by atoms with Crippen molar-refractivity contribution in [1.29, 1.82) is 0 Å². The van der Waals surface area contributed by atoms with Gasteiger partial charge >= 0.3 is 12.1 Å². The van der Waals surface area contributed by atoms with Crippen LogP contribution in [0.1, 0.15) is 12.5 Å². The van der Waals surface area contributed by atoms with Gasteiger partial charge in [0.25, 0.3) is 0 Å². The predicted molar refractivity (Wildman–Crippen MR) is 107 cm³/mol. The second-order valence-corrected chi connectivity index (χ2v) is 9.28. The number of aromatic nitrogens is 4. The first-order valence-corrected chi connectivity index (χ1v) is 10.9. The normalized spacial score (nSPS) is 13.2. The number of alkyl halides is 5. The summed E-state index contributed by atoms with van der Waals surface area (Å²) in [6, 6.07) is 7.25. The number of imidazole rings is 1. The van der Waals surface area contributed by atoms with Crippen LogP contribution in [0.4, 0.5) is 22.0 Å². The molecule has 0 spiro atoms. The van der Waals surface area contributed by atoms with E-state index in [0.29, 0.717) is 23.0 Å². The molecule has 0 aliphatic carbocycles. The quantitative estimate of drug-likeness (QED) is 0.407. The number of pyridine rings is 2. The van der Waals surface area contributed by atoms with Crippen LogP contribution in [0.15, 0.2) is 47.6 Å². The molecule has 0 aliphatic heterocycles. The van der Waals surface area contributed by atoms with Gasteiger partial charge in [-0.05, 0) is 6.07 Å². The SMILES string of the molecule is CCS(=O)(=O)c1c(-c2nc3cc(C(F)(F)C(F)(F)F)cnc3n2C)ncc2ccccc12. The molecule has 0 atom stereocenters. The summed E-state index contributed by atoms with van der Waals surface area (Å²) in [6.45, 7) is 1.46. The molecule has 0 aliphatic rings. The number of halogens is 5. The molecule has 4 rings (SSSR count). The van der Waals surface area contributed by atoms with E-state index in [1.807, 2.05) is 0 Å². The molecule has 1 aromatic carbocycles. The minimum Gasteiger partial charge on any atom is -0.310 e. The fraction of sp³-hybridized carbons (Fsp3) is 0.250. The highest BCUT2D eigenvalue weighted by Crippen LogP contribution is 2.44. The van der Waals surface area contributed by atoms with Gasteiger partial charge in [-0.25, -0.2) is 18.4 Å². The van der Waals surface area contributed by atoms with Crippen LogP contribution in [0.5, 0.6) is 0 Å². The first-order chi connectivity index (χ1) is 14.9. The Balaban J connectivity index is 2.01. The fourth-order valence-corrected chi connectivity index (χ4v) is 4.63. The van der Waals surface area contributed by atoms with E-state index in [0.717, 1.165) is 0 Å². The van der Waals surface area contributed by atoms with E-state index in [1.54, 1.807) is 24.3 Å². The fourth-order valence-electron chi connectivity index (χ4n) is 3.38. The molecule has 0 N–H and O–H groups in total. The topological polar surface area (TPSA) is 77.7 Å². The maximum Gasteiger partial charge on any atom is 0.458 e. The third-order valence-corrected chi connectivity index (χ3v) is 6.88. The summed E-state index contributed by atoms with van der Waals surface area (Å²) in [4.78, 5) is 12.0. The molecule has 4 aromatic rings. The van der Waals surface area contributed by atoms with E-state index >= 15 is 0 Å². The average molecular weight is 470 g/mol. The Kier molecular flexibility index (Phi) is 4.96. The Morgan fingerprint density at radius 2 is 1.72 bits per heavy atom.